The molecule has 0 fully saturated rings. The molecule has 0 saturated carbocycles. The Morgan fingerprint density at radius 2 is 2.10 bits per heavy atom. The molecular weight excluding hydrogens is 304 g/mol. The molecule has 9 heteroatoms. The van der Waals surface area contributed by atoms with E-state index < -0.39 is 24.1 Å². The van der Waals surface area contributed by atoms with Gasteiger partial charge in [-0.3, -0.25) is 14.2 Å². The van der Waals surface area contributed by atoms with E-state index in [1.54, 1.807) is 26.2 Å². The summed E-state index contributed by atoms with van der Waals surface area (Å²) in [7, 11) is 1.71. The third-order valence-electron chi connectivity index (χ3n) is 3.02. The van der Waals surface area contributed by atoms with Crippen molar-refractivity contribution in [3.05, 3.63) is 28.7 Å². The number of rotatable bonds is 4. The number of alkyl halides is 2. The summed E-state index contributed by atoms with van der Waals surface area (Å²) < 4.78 is 28.2. The van der Waals surface area contributed by atoms with Gasteiger partial charge in [0.1, 0.15) is 11.7 Å². The summed E-state index contributed by atoms with van der Waals surface area (Å²) in [5.41, 5.74) is -0.206. The number of amides is 1. The lowest BCUT2D eigenvalue weighted by molar-refractivity contribution is -0.119. The number of halogens is 3. The van der Waals surface area contributed by atoms with Crippen molar-refractivity contribution in [2.75, 3.05) is 5.32 Å². The van der Waals surface area contributed by atoms with Gasteiger partial charge in [-0.1, -0.05) is 11.6 Å². The number of hydrogen-bond donors (Lipinski definition) is 1. The molecule has 6 nitrogen and oxygen atoms in total. The number of carbonyl (C=O) groups is 1. The fourth-order valence-corrected chi connectivity index (χ4v) is 2.07. The molecule has 1 N–H and O–H groups in total. The van der Waals surface area contributed by atoms with Crippen molar-refractivity contribution in [1.29, 1.82) is 0 Å². The van der Waals surface area contributed by atoms with Gasteiger partial charge in [0.25, 0.3) is 6.43 Å². The molecule has 0 saturated heterocycles. The van der Waals surface area contributed by atoms with E-state index in [1.165, 1.54) is 16.3 Å². The van der Waals surface area contributed by atoms with Gasteiger partial charge in [0.2, 0.25) is 5.91 Å². The number of aryl methyl sites for hydroxylation is 1. The average molecular weight is 318 g/mol. The number of aromatic nitrogens is 4. The molecule has 2 rings (SSSR count). The number of anilines is 1. The lowest BCUT2D eigenvalue weighted by atomic mass is 10.3. The average Bonchev–Trinajstić information content (AvgIpc) is 2.94. The SMILES string of the molecule is Cc1c(Cl)c(C(F)F)nn1[C@@H](C)C(=O)Nc1ccn(C)n1. The topological polar surface area (TPSA) is 64.7 Å². The van der Waals surface area contributed by atoms with E-state index in [9.17, 15) is 13.6 Å². The van der Waals surface area contributed by atoms with Gasteiger partial charge in [-0.05, 0) is 13.8 Å². The number of nitrogens with zero attached hydrogens (tertiary/aromatic N) is 4. The molecule has 2 aromatic heterocycles. The molecule has 0 unspecified atom stereocenters. The van der Waals surface area contributed by atoms with Crippen LogP contribution >= 0.6 is 11.6 Å². The van der Waals surface area contributed by atoms with Crippen molar-refractivity contribution < 1.29 is 13.6 Å². The van der Waals surface area contributed by atoms with E-state index in [0.29, 0.717) is 11.5 Å². The number of hydrogen-bond acceptors (Lipinski definition) is 3. The normalized spacial score (nSPS) is 12.7. The van der Waals surface area contributed by atoms with E-state index in [2.05, 4.69) is 15.5 Å². The van der Waals surface area contributed by atoms with Crippen molar-refractivity contribution in [3.63, 3.8) is 0 Å². The van der Waals surface area contributed by atoms with E-state index in [-0.39, 0.29) is 5.02 Å². The predicted molar refractivity (Wildman–Crippen MR) is 73.5 cm³/mol. The molecule has 0 radical (unpaired) electrons. The summed E-state index contributed by atoms with van der Waals surface area (Å²) in [5, 5.41) is 10.2. The van der Waals surface area contributed by atoms with Gasteiger partial charge < -0.3 is 5.32 Å². The van der Waals surface area contributed by atoms with Crippen molar-refractivity contribution in [2.24, 2.45) is 7.05 Å². The lowest BCUT2D eigenvalue weighted by Crippen LogP contribution is -2.25. The van der Waals surface area contributed by atoms with Gasteiger partial charge in [-0.15, -0.1) is 0 Å². The Balaban J connectivity index is 2.21. The van der Waals surface area contributed by atoms with Crippen molar-refractivity contribution >= 4 is 23.3 Å². The molecule has 21 heavy (non-hydrogen) atoms. The Morgan fingerprint density at radius 3 is 2.57 bits per heavy atom. The highest BCUT2D eigenvalue weighted by molar-refractivity contribution is 6.31. The van der Waals surface area contributed by atoms with Crippen molar-refractivity contribution in [3.8, 4) is 0 Å². The summed E-state index contributed by atoms with van der Waals surface area (Å²) in [4.78, 5) is 12.1. The highest BCUT2D eigenvalue weighted by Crippen LogP contribution is 2.30. The van der Waals surface area contributed by atoms with Crippen LogP contribution in [0, 0.1) is 6.92 Å². The minimum Gasteiger partial charge on any atom is -0.307 e. The van der Waals surface area contributed by atoms with Crippen LogP contribution in [-0.4, -0.2) is 25.5 Å². The van der Waals surface area contributed by atoms with Crippen LogP contribution in [0.1, 0.15) is 30.8 Å². The summed E-state index contributed by atoms with van der Waals surface area (Å²) >= 11 is 5.81. The van der Waals surface area contributed by atoms with Crippen LogP contribution in [0.5, 0.6) is 0 Å². The maximum atomic E-state index is 12.8. The predicted octanol–water partition coefficient (Wildman–Crippen LogP) is 2.72. The van der Waals surface area contributed by atoms with Gasteiger partial charge in [0, 0.05) is 19.3 Å². The molecule has 0 spiro atoms. The molecule has 2 heterocycles. The second-order valence-electron chi connectivity index (χ2n) is 4.57. The Kier molecular flexibility index (Phi) is 4.26. The zero-order valence-corrected chi connectivity index (χ0v) is 12.4. The Morgan fingerprint density at radius 1 is 1.43 bits per heavy atom. The Labute approximate surface area is 124 Å². The first-order valence-corrected chi connectivity index (χ1v) is 6.52. The van der Waals surface area contributed by atoms with Gasteiger partial charge in [-0.25, -0.2) is 8.78 Å². The van der Waals surface area contributed by atoms with Crippen LogP contribution in [0.25, 0.3) is 0 Å². The number of carbonyl (C=O) groups excluding carboxylic acids is 1. The summed E-state index contributed by atoms with van der Waals surface area (Å²) in [6, 6.07) is 0.829. The quantitative estimate of drug-likeness (QED) is 0.943. The van der Waals surface area contributed by atoms with Crippen LogP contribution in [-0.2, 0) is 11.8 Å². The van der Waals surface area contributed by atoms with Crippen LogP contribution < -0.4 is 5.32 Å². The number of nitrogens with one attached hydrogen (secondary N) is 1. The zero-order valence-electron chi connectivity index (χ0n) is 11.6. The summed E-state index contributed by atoms with van der Waals surface area (Å²) in [6.45, 7) is 3.08. The molecule has 0 aromatic carbocycles. The van der Waals surface area contributed by atoms with Gasteiger partial charge in [0.15, 0.2) is 5.82 Å². The van der Waals surface area contributed by atoms with E-state index in [0.717, 1.165) is 0 Å². The van der Waals surface area contributed by atoms with Gasteiger partial charge in [-0.2, -0.15) is 10.2 Å². The standard InChI is InChI=1S/C12H14ClF2N5O/c1-6-9(13)10(11(14)15)18-20(6)7(2)12(21)16-8-4-5-19(3)17-8/h4-5,7,11H,1-3H3,(H,16,17,21)/t7-/m0/s1. The van der Waals surface area contributed by atoms with Crippen LogP contribution in [0.4, 0.5) is 14.6 Å². The molecule has 1 atom stereocenters. The van der Waals surface area contributed by atoms with Crippen LogP contribution in [0.15, 0.2) is 12.3 Å². The van der Waals surface area contributed by atoms with Crippen LogP contribution in [0.3, 0.4) is 0 Å². The second-order valence-corrected chi connectivity index (χ2v) is 4.95. The van der Waals surface area contributed by atoms with E-state index in [1.807, 2.05) is 0 Å². The third-order valence-corrected chi connectivity index (χ3v) is 3.49. The molecule has 0 bridgehead atoms. The van der Waals surface area contributed by atoms with Crippen molar-refractivity contribution in [2.45, 2.75) is 26.3 Å². The smallest absolute Gasteiger partial charge is 0.283 e. The molecule has 2 aromatic rings. The molecule has 0 aliphatic rings. The third kappa shape index (κ3) is 3.05. The Bertz CT molecular complexity index is 667. The Hall–Kier alpha value is -1.96. The van der Waals surface area contributed by atoms with Gasteiger partial charge >= 0.3 is 0 Å². The molecular formula is C12H14ClF2N5O. The zero-order chi connectivity index (χ0) is 15.7. The van der Waals surface area contributed by atoms with Gasteiger partial charge in [0.05, 0.1) is 10.7 Å². The second kappa shape index (κ2) is 5.80. The maximum Gasteiger partial charge on any atom is 0.283 e. The molecule has 0 aliphatic carbocycles. The van der Waals surface area contributed by atoms with Crippen LogP contribution in [0.2, 0.25) is 5.02 Å². The van der Waals surface area contributed by atoms with E-state index >= 15 is 0 Å². The fourth-order valence-electron chi connectivity index (χ4n) is 1.86. The lowest BCUT2D eigenvalue weighted by Gasteiger charge is -2.13. The first-order chi connectivity index (χ1) is 9.81. The minimum atomic E-state index is -2.79. The molecule has 1 amide bonds. The fraction of sp³-hybridized carbons (Fsp3) is 0.417. The largest absolute Gasteiger partial charge is 0.307 e. The van der Waals surface area contributed by atoms with Crippen molar-refractivity contribution in [1.82, 2.24) is 19.6 Å². The summed E-state index contributed by atoms with van der Waals surface area (Å²) in [6.07, 6.45) is -1.12. The first-order valence-electron chi connectivity index (χ1n) is 6.14. The molecule has 0 aliphatic heterocycles. The highest BCUT2D eigenvalue weighted by atomic mass is 35.5. The summed E-state index contributed by atoms with van der Waals surface area (Å²) in [5.74, 6) is -0.0453. The maximum absolute atomic E-state index is 12.8. The highest BCUT2D eigenvalue weighted by Gasteiger charge is 2.25. The van der Waals surface area contributed by atoms with E-state index in [4.69, 9.17) is 11.6 Å². The first kappa shape index (κ1) is 15.4. The molecule has 114 valence electrons. The monoisotopic (exact) mass is 317 g/mol. The minimum absolute atomic E-state index is 0.123.